The number of imide groups is 1. The Labute approximate surface area is 252 Å². The molecule has 7 nitrogen and oxygen atoms in total. The lowest BCUT2D eigenvalue weighted by Crippen LogP contribution is -2.31. The SMILES string of the molecule is O=C(Nc1cccc(SCCCN2C(=O)c3ccccc3C2=O)c1)/C(=C/c1cccc(Cl)c1)NC(=O)c1ccccc1. The molecule has 9 heteroatoms. The highest BCUT2D eigenvalue weighted by Crippen LogP contribution is 2.25. The molecule has 0 aromatic heterocycles. The van der Waals surface area contributed by atoms with E-state index in [-0.39, 0.29) is 17.5 Å². The molecule has 0 atom stereocenters. The Morgan fingerprint density at radius 1 is 0.810 bits per heavy atom. The standard InChI is InChI=1S/C33H26ClN3O4S/c34-24-12-6-9-22(19-24)20-29(36-30(38)23-10-2-1-3-11-23)31(39)35-25-13-7-14-26(21-25)42-18-8-17-37-32(40)27-15-4-5-16-28(27)33(37)41/h1-7,9-16,19-21H,8,17-18H2,(H,35,39)(H,36,38)/b29-20-. The minimum atomic E-state index is -0.493. The van der Waals surface area contributed by atoms with Gasteiger partial charge in [0, 0.05) is 27.7 Å². The van der Waals surface area contributed by atoms with Crippen LogP contribution in [0.1, 0.15) is 43.1 Å². The number of amides is 4. The van der Waals surface area contributed by atoms with Crippen molar-refractivity contribution in [1.29, 1.82) is 0 Å². The van der Waals surface area contributed by atoms with Gasteiger partial charge in [0.1, 0.15) is 5.70 Å². The molecule has 0 bridgehead atoms. The van der Waals surface area contributed by atoms with Crippen molar-refractivity contribution >= 4 is 58.8 Å². The number of carbonyl (C=O) groups excluding carboxylic acids is 4. The van der Waals surface area contributed by atoms with Crippen molar-refractivity contribution in [3.05, 3.63) is 136 Å². The molecular weight excluding hydrogens is 570 g/mol. The van der Waals surface area contributed by atoms with Crippen molar-refractivity contribution < 1.29 is 19.2 Å². The molecule has 4 aromatic carbocycles. The van der Waals surface area contributed by atoms with Crippen molar-refractivity contribution in [2.45, 2.75) is 11.3 Å². The number of rotatable bonds is 10. The largest absolute Gasteiger partial charge is 0.321 e. The fourth-order valence-electron chi connectivity index (χ4n) is 4.42. The smallest absolute Gasteiger partial charge is 0.272 e. The number of hydrogen-bond donors (Lipinski definition) is 2. The summed E-state index contributed by atoms with van der Waals surface area (Å²) in [7, 11) is 0. The van der Waals surface area contributed by atoms with Crippen molar-refractivity contribution in [1.82, 2.24) is 10.2 Å². The van der Waals surface area contributed by atoms with Gasteiger partial charge in [0.2, 0.25) is 0 Å². The molecule has 0 aliphatic carbocycles. The van der Waals surface area contributed by atoms with Crippen LogP contribution in [-0.4, -0.2) is 40.8 Å². The Bertz CT molecular complexity index is 1650. The van der Waals surface area contributed by atoms with Gasteiger partial charge in [-0.25, -0.2) is 0 Å². The van der Waals surface area contributed by atoms with E-state index < -0.39 is 11.8 Å². The molecule has 0 saturated carbocycles. The van der Waals surface area contributed by atoms with Gasteiger partial charge >= 0.3 is 0 Å². The van der Waals surface area contributed by atoms with E-state index in [4.69, 9.17) is 11.6 Å². The van der Waals surface area contributed by atoms with Crippen LogP contribution in [0.4, 0.5) is 5.69 Å². The predicted octanol–water partition coefficient (Wildman–Crippen LogP) is 6.53. The Balaban J connectivity index is 1.22. The molecule has 2 N–H and O–H groups in total. The van der Waals surface area contributed by atoms with Gasteiger partial charge in [0.15, 0.2) is 0 Å². The Hall–Kier alpha value is -4.66. The van der Waals surface area contributed by atoms with E-state index in [2.05, 4.69) is 10.6 Å². The first-order chi connectivity index (χ1) is 20.4. The second-order valence-corrected chi connectivity index (χ2v) is 11.0. The number of nitrogens with zero attached hydrogens (tertiary/aromatic N) is 1. The number of halogens is 1. The molecule has 210 valence electrons. The van der Waals surface area contributed by atoms with E-state index in [9.17, 15) is 19.2 Å². The van der Waals surface area contributed by atoms with Gasteiger partial charge in [0.25, 0.3) is 23.6 Å². The Morgan fingerprint density at radius 2 is 1.50 bits per heavy atom. The van der Waals surface area contributed by atoms with Crippen LogP contribution in [-0.2, 0) is 4.79 Å². The first kappa shape index (κ1) is 28.9. The zero-order chi connectivity index (χ0) is 29.5. The maximum absolute atomic E-state index is 13.3. The summed E-state index contributed by atoms with van der Waals surface area (Å²) in [6.07, 6.45) is 2.19. The minimum absolute atomic E-state index is 0.0603. The highest BCUT2D eigenvalue weighted by Gasteiger charge is 2.34. The average molecular weight is 596 g/mol. The van der Waals surface area contributed by atoms with Crippen LogP contribution in [0, 0.1) is 0 Å². The predicted molar refractivity (Wildman–Crippen MR) is 166 cm³/mol. The summed E-state index contributed by atoms with van der Waals surface area (Å²) in [5.41, 5.74) is 2.58. The minimum Gasteiger partial charge on any atom is -0.321 e. The van der Waals surface area contributed by atoms with Gasteiger partial charge in [-0.3, -0.25) is 24.1 Å². The molecule has 42 heavy (non-hydrogen) atoms. The second-order valence-electron chi connectivity index (χ2n) is 9.42. The fourth-order valence-corrected chi connectivity index (χ4v) is 5.52. The highest BCUT2D eigenvalue weighted by molar-refractivity contribution is 7.99. The van der Waals surface area contributed by atoms with Crippen LogP contribution in [0.5, 0.6) is 0 Å². The van der Waals surface area contributed by atoms with Crippen LogP contribution in [0.2, 0.25) is 5.02 Å². The van der Waals surface area contributed by atoms with E-state index in [0.29, 0.717) is 51.7 Å². The molecule has 4 aromatic rings. The van der Waals surface area contributed by atoms with Crippen LogP contribution in [0.25, 0.3) is 6.08 Å². The lowest BCUT2D eigenvalue weighted by molar-refractivity contribution is -0.113. The summed E-state index contributed by atoms with van der Waals surface area (Å²) in [5, 5.41) is 6.09. The summed E-state index contributed by atoms with van der Waals surface area (Å²) in [6.45, 7) is 0.328. The van der Waals surface area contributed by atoms with Crippen LogP contribution in [0.15, 0.2) is 114 Å². The van der Waals surface area contributed by atoms with E-state index >= 15 is 0 Å². The quantitative estimate of drug-likeness (QED) is 0.0941. The number of fused-ring (bicyclic) bond motifs is 1. The van der Waals surface area contributed by atoms with Gasteiger partial charge in [-0.2, -0.15) is 0 Å². The number of hydrogen-bond acceptors (Lipinski definition) is 5. The Kier molecular flexibility index (Phi) is 9.16. The van der Waals surface area contributed by atoms with Crippen LogP contribution in [0.3, 0.4) is 0 Å². The fraction of sp³-hybridized carbons (Fsp3) is 0.0909. The Morgan fingerprint density at radius 3 is 2.21 bits per heavy atom. The number of benzene rings is 4. The third kappa shape index (κ3) is 6.97. The molecule has 0 saturated heterocycles. The van der Waals surface area contributed by atoms with Gasteiger partial charge in [-0.1, -0.05) is 60.1 Å². The molecule has 1 heterocycles. The molecule has 5 rings (SSSR count). The molecule has 0 spiro atoms. The van der Waals surface area contributed by atoms with Crippen LogP contribution >= 0.6 is 23.4 Å². The summed E-state index contributed by atoms with van der Waals surface area (Å²) >= 11 is 7.68. The summed E-state index contributed by atoms with van der Waals surface area (Å²) in [6, 6.07) is 29.8. The van der Waals surface area contributed by atoms with Gasteiger partial charge in [-0.15, -0.1) is 11.8 Å². The molecule has 1 aliphatic heterocycles. The van der Waals surface area contributed by atoms with E-state index in [0.717, 1.165) is 4.90 Å². The van der Waals surface area contributed by atoms with Crippen molar-refractivity contribution in [3.63, 3.8) is 0 Å². The highest BCUT2D eigenvalue weighted by atomic mass is 35.5. The zero-order valence-electron chi connectivity index (χ0n) is 22.4. The van der Waals surface area contributed by atoms with Crippen molar-refractivity contribution in [2.24, 2.45) is 0 Å². The monoisotopic (exact) mass is 595 g/mol. The summed E-state index contributed by atoms with van der Waals surface area (Å²) in [5.74, 6) is -0.760. The molecule has 0 radical (unpaired) electrons. The summed E-state index contributed by atoms with van der Waals surface area (Å²) in [4.78, 5) is 53.5. The molecular formula is C33H26ClN3O4S. The van der Waals surface area contributed by atoms with Crippen molar-refractivity contribution in [2.75, 3.05) is 17.6 Å². The maximum Gasteiger partial charge on any atom is 0.272 e. The number of anilines is 1. The molecule has 4 amide bonds. The second kappa shape index (κ2) is 13.3. The molecule has 0 fully saturated rings. The molecule has 1 aliphatic rings. The third-order valence-corrected chi connectivity index (χ3v) is 7.77. The van der Waals surface area contributed by atoms with Crippen LogP contribution < -0.4 is 10.6 Å². The third-order valence-electron chi connectivity index (χ3n) is 6.45. The summed E-state index contributed by atoms with van der Waals surface area (Å²) < 4.78 is 0. The topological polar surface area (TPSA) is 95.6 Å². The van der Waals surface area contributed by atoms with Gasteiger partial charge in [0.05, 0.1) is 11.1 Å². The van der Waals surface area contributed by atoms with E-state index in [1.54, 1.807) is 96.7 Å². The first-order valence-electron chi connectivity index (χ1n) is 13.2. The number of carbonyl (C=O) groups is 4. The van der Waals surface area contributed by atoms with Gasteiger partial charge < -0.3 is 10.6 Å². The lowest BCUT2D eigenvalue weighted by Gasteiger charge is -2.14. The lowest BCUT2D eigenvalue weighted by atomic mass is 10.1. The molecule has 0 unspecified atom stereocenters. The maximum atomic E-state index is 13.3. The van der Waals surface area contributed by atoms with Crippen molar-refractivity contribution in [3.8, 4) is 0 Å². The normalized spacial score (nSPS) is 12.7. The number of nitrogens with one attached hydrogen (secondary N) is 2. The van der Waals surface area contributed by atoms with E-state index in [1.807, 2.05) is 24.3 Å². The number of thioether (sulfide) groups is 1. The average Bonchev–Trinajstić information content (AvgIpc) is 3.24. The van der Waals surface area contributed by atoms with E-state index in [1.165, 1.54) is 4.90 Å². The zero-order valence-corrected chi connectivity index (χ0v) is 24.0. The van der Waals surface area contributed by atoms with Gasteiger partial charge in [-0.05, 0) is 78.4 Å². The first-order valence-corrected chi connectivity index (χ1v) is 14.6.